The molecule has 0 aromatic heterocycles. The molecule has 0 N–H and O–H groups in total. The molecular weight excluding hydrogens is 310 g/mol. The number of hydrogen-bond donors (Lipinski definition) is 0. The highest BCUT2D eigenvalue weighted by molar-refractivity contribution is 6.02. The molecule has 2 rings (SSSR count). The summed E-state index contributed by atoms with van der Waals surface area (Å²) in [7, 11) is 1.60. The Kier molecular flexibility index (Phi) is 7.45. The molecule has 0 spiro atoms. The molecule has 0 unspecified atom stereocenters. The van der Waals surface area contributed by atoms with Crippen LogP contribution in [-0.2, 0) is 14.3 Å². The van der Waals surface area contributed by atoms with E-state index in [9.17, 15) is 9.59 Å². The van der Waals surface area contributed by atoms with Crippen molar-refractivity contribution < 1.29 is 19.1 Å². The Balaban J connectivity index is 1.85. The molecule has 2 heterocycles. The predicted molar refractivity (Wildman–Crippen MR) is 90.8 cm³/mol. The first-order chi connectivity index (χ1) is 11.6. The standard InChI is InChI=1S/C17H31N3O4/c1-4-24-10-5-7-18-8-6-15(14(2)12-18)20-16(21)13-19(17(20)22)9-11-23-3/h14-15H,4-13H2,1-3H3/t14-,15-/m0/s1. The highest BCUT2D eigenvalue weighted by atomic mass is 16.5. The Bertz CT molecular complexity index is 432. The van der Waals surface area contributed by atoms with Gasteiger partial charge in [-0.25, -0.2) is 4.79 Å². The van der Waals surface area contributed by atoms with Crippen molar-refractivity contribution in [1.29, 1.82) is 0 Å². The number of rotatable bonds is 9. The minimum atomic E-state index is -0.154. The fourth-order valence-corrected chi connectivity index (χ4v) is 3.61. The van der Waals surface area contributed by atoms with Gasteiger partial charge in [0, 0.05) is 52.5 Å². The van der Waals surface area contributed by atoms with Gasteiger partial charge in [-0.3, -0.25) is 9.69 Å². The number of piperidine rings is 1. The minimum Gasteiger partial charge on any atom is -0.383 e. The number of amides is 3. The second-order valence-electron chi connectivity index (χ2n) is 6.65. The molecule has 0 radical (unpaired) electrons. The Hall–Kier alpha value is -1.18. The molecule has 0 saturated carbocycles. The van der Waals surface area contributed by atoms with Gasteiger partial charge in [0.25, 0.3) is 5.91 Å². The van der Waals surface area contributed by atoms with Crippen molar-refractivity contribution in [3.63, 3.8) is 0 Å². The Morgan fingerprint density at radius 2 is 2.00 bits per heavy atom. The smallest absolute Gasteiger partial charge is 0.327 e. The zero-order chi connectivity index (χ0) is 17.5. The SMILES string of the molecule is CCOCCCN1CC[C@H](N2C(=O)CN(CCOC)C2=O)[C@@H](C)C1. The van der Waals surface area contributed by atoms with E-state index in [-0.39, 0.29) is 24.5 Å². The van der Waals surface area contributed by atoms with Crippen LogP contribution < -0.4 is 0 Å². The molecule has 0 aliphatic carbocycles. The second-order valence-corrected chi connectivity index (χ2v) is 6.65. The molecule has 0 aromatic rings. The van der Waals surface area contributed by atoms with Gasteiger partial charge in [0.1, 0.15) is 6.54 Å². The lowest BCUT2D eigenvalue weighted by atomic mass is 9.92. The highest BCUT2D eigenvalue weighted by Crippen LogP contribution is 2.26. The maximum absolute atomic E-state index is 12.5. The minimum absolute atomic E-state index is 0.0145. The van der Waals surface area contributed by atoms with Crippen LogP contribution in [0.5, 0.6) is 0 Å². The number of imide groups is 1. The van der Waals surface area contributed by atoms with Crippen molar-refractivity contribution >= 4 is 11.9 Å². The largest absolute Gasteiger partial charge is 0.383 e. The van der Waals surface area contributed by atoms with Gasteiger partial charge in [-0.2, -0.15) is 0 Å². The molecule has 2 fully saturated rings. The fraction of sp³-hybridized carbons (Fsp3) is 0.882. The summed E-state index contributed by atoms with van der Waals surface area (Å²) in [5.41, 5.74) is 0. The van der Waals surface area contributed by atoms with Crippen LogP contribution in [0.3, 0.4) is 0 Å². The van der Waals surface area contributed by atoms with Crippen LogP contribution in [0.25, 0.3) is 0 Å². The summed E-state index contributed by atoms with van der Waals surface area (Å²) in [6.07, 6.45) is 1.88. The number of hydrogen-bond acceptors (Lipinski definition) is 5. The van der Waals surface area contributed by atoms with E-state index < -0.39 is 0 Å². The fourth-order valence-electron chi connectivity index (χ4n) is 3.61. The van der Waals surface area contributed by atoms with E-state index in [4.69, 9.17) is 9.47 Å². The third kappa shape index (κ3) is 4.68. The van der Waals surface area contributed by atoms with Gasteiger partial charge in [0.2, 0.25) is 0 Å². The maximum Gasteiger partial charge on any atom is 0.327 e. The van der Waals surface area contributed by atoms with Crippen molar-refractivity contribution in [1.82, 2.24) is 14.7 Å². The summed E-state index contributed by atoms with van der Waals surface area (Å²) < 4.78 is 10.4. The second kappa shape index (κ2) is 9.34. The number of nitrogens with zero attached hydrogens (tertiary/aromatic N) is 3. The molecule has 7 nitrogen and oxygen atoms in total. The van der Waals surface area contributed by atoms with Gasteiger partial charge in [-0.1, -0.05) is 6.92 Å². The molecule has 3 amide bonds. The van der Waals surface area contributed by atoms with E-state index in [2.05, 4.69) is 11.8 Å². The first-order valence-electron chi connectivity index (χ1n) is 8.98. The Morgan fingerprint density at radius 3 is 2.67 bits per heavy atom. The molecule has 2 atom stereocenters. The first-order valence-corrected chi connectivity index (χ1v) is 8.98. The van der Waals surface area contributed by atoms with Crippen LogP contribution in [0.1, 0.15) is 26.7 Å². The van der Waals surface area contributed by atoms with Crippen LogP contribution in [0.15, 0.2) is 0 Å². The van der Waals surface area contributed by atoms with Gasteiger partial charge in [-0.15, -0.1) is 0 Å². The van der Waals surface area contributed by atoms with E-state index >= 15 is 0 Å². The molecule has 24 heavy (non-hydrogen) atoms. The zero-order valence-corrected chi connectivity index (χ0v) is 15.2. The lowest BCUT2D eigenvalue weighted by Gasteiger charge is -2.40. The average molecular weight is 341 g/mol. The monoisotopic (exact) mass is 341 g/mol. The lowest BCUT2D eigenvalue weighted by molar-refractivity contribution is -0.128. The summed E-state index contributed by atoms with van der Waals surface area (Å²) in [6.45, 7) is 9.68. The summed E-state index contributed by atoms with van der Waals surface area (Å²) in [5.74, 6) is 0.221. The summed E-state index contributed by atoms with van der Waals surface area (Å²) in [6, 6.07) is -0.139. The van der Waals surface area contributed by atoms with Crippen molar-refractivity contribution in [2.45, 2.75) is 32.7 Å². The highest BCUT2D eigenvalue weighted by Gasteiger charge is 2.43. The normalized spacial score (nSPS) is 25.8. The van der Waals surface area contributed by atoms with Crippen molar-refractivity contribution in [2.75, 3.05) is 59.7 Å². The Labute approximate surface area is 144 Å². The zero-order valence-electron chi connectivity index (χ0n) is 15.2. The van der Waals surface area contributed by atoms with Crippen LogP contribution in [-0.4, -0.2) is 92.3 Å². The van der Waals surface area contributed by atoms with E-state index in [1.807, 2.05) is 6.92 Å². The molecule has 0 aromatic carbocycles. The topological polar surface area (TPSA) is 62.3 Å². The predicted octanol–water partition coefficient (Wildman–Crippen LogP) is 1.03. The number of carbonyl (C=O) groups is 2. The van der Waals surface area contributed by atoms with Crippen LogP contribution in [0.4, 0.5) is 4.79 Å². The average Bonchev–Trinajstić information content (AvgIpc) is 2.84. The summed E-state index contributed by atoms with van der Waals surface area (Å²) in [5, 5.41) is 0. The van der Waals surface area contributed by atoms with Gasteiger partial charge >= 0.3 is 6.03 Å². The van der Waals surface area contributed by atoms with E-state index in [1.165, 1.54) is 4.90 Å². The van der Waals surface area contributed by atoms with Crippen molar-refractivity contribution in [3.8, 4) is 0 Å². The number of likely N-dealkylation sites (tertiary alicyclic amines) is 1. The quantitative estimate of drug-likeness (QED) is 0.463. The lowest BCUT2D eigenvalue weighted by Crippen LogP contribution is -2.52. The maximum atomic E-state index is 12.5. The van der Waals surface area contributed by atoms with Gasteiger partial charge in [0.15, 0.2) is 0 Å². The number of ether oxygens (including phenoxy) is 2. The molecule has 7 heteroatoms. The molecular formula is C17H31N3O4. The van der Waals surface area contributed by atoms with Crippen molar-refractivity contribution in [3.05, 3.63) is 0 Å². The number of methoxy groups -OCH3 is 1. The van der Waals surface area contributed by atoms with Crippen LogP contribution >= 0.6 is 0 Å². The van der Waals surface area contributed by atoms with E-state index in [0.29, 0.717) is 19.1 Å². The third-order valence-corrected chi connectivity index (χ3v) is 4.88. The molecule has 2 aliphatic rings. The van der Waals surface area contributed by atoms with Crippen molar-refractivity contribution in [2.24, 2.45) is 5.92 Å². The number of carbonyl (C=O) groups excluding carboxylic acids is 2. The third-order valence-electron chi connectivity index (χ3n) is 4.88. The van der Waals surface area contributed by atoms with Crippen LogP contribution in [0.2, 0.25) is 0 Å². The molecule has 2 aliphatic heterocycles. The van der Waals surface area contributed by atoms with E-state index in [1.54, 1.807) is 12.0 Å². The van der Waals surface area contributed by atoms with Gasteiger partial charge in [-0.05, 0) is 25.7 Å². The van der Waals surface area contributed by atoms with E-state index in [0.717, 1.165) is 45.7 Å². The molecule has 138 valence electrons. The molecule has 0 bridgehead atoms. The van der Waals surface area contributed by atoms with Crippen LogP contribution in [0, 0.1) is 5.92 Å². The first kappa shape index (κ1) is 19.1. The summed E-state index contributed by atoms with van der Waals surface area (Å²) in [4.78, 5) is 30.4. The summed E-state index contributed by atoms with van der Waals surface area (Å²) >= 11 is 0. The van der Waals surface area contributed by atoms with Gasteiger partial charge < -0.3 is 19.3 Å². The Morgan fingerprint density at radius 1 is 1.21 bits per heavy atom. The molecule has 2 saturated heterocycles. The number of urea groups is 1. The van der Waals surface area contributed by atoms with Gasteiger partial charge in [0.05, 0.1) is 6.61 Å².